The van der Waals surface area contributed by atoms with Crippen LogP contribution in [-0.4, -0.2) is 50.0 Å². The van der Waals surface area contributed by atoms with Crippen molar-refractivity contribution in [2.75, 3.05) is 18.4 Å². The first-order chi connectivity index (χ1) is 20.0. The molecule has 13 heteroatoms. The van der Waals surface area contributed by atoms with Crippen LogP contribution in [0.4, 0.5) is 11.6 Å². The van der Waals surface area contributed by atoms with Crippen molar-refractivity contribution in [3.63, 3.8) is 0 Å². The highest BCUT2D eigenvalue weighted by atomic mass is 32.2. The molecule has 2 aliphatic rings. The predicted octanol–water partition coefficient (Wildman–Crippen LogP) is 3.82. The Morgan fingerprint density at radius 2 is 1.83 bits per heavy atom. The van der Waals surface area contributed by atoms with Crippen molar-refractivity contribution in [3.05, 3.63) is 87.8 Å². The number of pyridine rings is 1. The maximum atomic E-state index is 13.7. The van der Waals surface area contributed by atoms with Crippen LogP contribution >= 0.6 is 11.3 Å². The molecule has 1 saturated heterocycles. The van der Waals surface area contributed by atoms with E-state index in [0.717, 1.165) is 59.8 Å². The fourth-order valence-electron chi connectivity index (χ4n) is 5.42. The van der Waals surface area contributed by atoms with Crippen molar-refractivity contribution in [3.8, 4) is 0 Å². The molecule has 0 spiro atoms. The molecule has 41 heavy (non-hydrogen) atoms. The van der Waals surface area contributed by atoms with E-state index in [2.05, 4.69) is 37.7 Å². The highest BCUT2D eigenvalue weighted by molar-refractivity contribution is 7.91. The molecule has 5 heterocycles. The molecule has 1 saturated carbocycles. The van der Waals surface area contributed by atoms with Crippen LogP contribution in [0.3, 0.4) is 0 Å². The summed E-state index contributed by atoms with van der Waals surface area (Å²) in [6.45, 7) is 2.05. The normalized spacial score (nSPS) is 16.3. The predicted molar refractivity (Wildman–Crippen MR) is 156 cm³/mol. The fourth-order valence-corrected chi connectivity index (χ4v) is 7.63. The van der Waals surface area contributed by atoms with Gasteiger partial charge in [0.15, 0.2) is 0 Å². The molecule has 210 valence electrons. The molecule has 2 fully saturated rings. The Kier molecular flexibility index (Phi) is 6.64. The quantitative estimate of drug-likeness (QED) is 0.277. The maximum absolute atomic E-state index is 13.7. The number of fused-ring (bicyclic) bond motifs is 1. The van der Waals surface area contributed by atoms with E-state index in [0.29, 0.717) is 34.2 Å². The van der Waals surface area contributed by atoms with Gasteiger partial charge in [0.1, 0.15) is 12.0 Å². The van der Waals surface area contributed by atoms with Crippen LogP contribution in [0.2, 0.25) is 0 Å². The van der Waals surface area contributed by atoms with E-state index in [1.807, 2.05) is 18.2 Å². The van der Waals surface area contributed by atoms with Gasteiger partial charge in [0, 0.05) is 34.4 Å². The average molecular weight is 589 g/mol. The Balaban J connectivity index is 1.24. The van der Waals surface area contributed by atoms with Crippen molar-refractivity contribution in [2.24, 2.45) is 0 Å². The first-order valence-electron chi connectivity index (χ1n) is 13.6. The minimum Gasteiger partial charge on any atom is -0.324 e. The average Bonchev–Trinajstić information content (AvgIpc) is 3.45. The smallest absolute Gasteiger partial charge is 0.296 e. The second kappa shape index (κ2) is 10.5. The number of nitrogens with one attached hydrogen (secondary N) is 2. The molecule has 11 nitrogen and oxygen atoms in total. The van der Waals surface area contributed by atoms with E-state index < -0.39 is 10.0 Å². The lowest BCUT2D eigenvalue weighted by molar-refractivity contribution is 0.460. The van der Waals surface area contributed by atoms with E-state index in [9.17, 15) is 13.2 Å². The summed E-state index contributed by atoms with van der Waals surface area (Å²) >= 11 is 1.03. The molecule has 0 atom stereocenters. The van der Waals surface area contributed by atoms with Crippen LogP contribution in [0.1, 0.15) is 54.3 Å². The van der Waals surface area contributed by atoms with E-state index in [4.69, 9.17) is 4.98 Å². The molecule has 0 bridgehead atoms. The van der Waals surface area contributed by atoms with Crippen molar-refractivity contribution in [1.29, 1.82) is 0 Å². The van der Waals surface area contributed by atoms with Gasteiger partial charge in [0.05, 0.1) is 18.4 Å². The van der Waals surface area contributed by atoms with Crippen LogP contribution in [0.25, 0.3) is 11.0 Å². The number of piperidine rings is 1. The molecule has 5 aromatic rings. The van der Waals surface area contributed by atoms with Gasteiger partial charge >= 0.3 is 0 Å². The van der Waals surface area contributed by atoms with Gasteiger partial charge < -0.3 is 10.6 Å². The Hall–Kier alpha value is -3.94. The van der Waals surface area contributed by atoms with Gasteiger partial charge in [-0.3, -0.25) is 9.36 Å². The van der Waals surface area contributed by atoms with Crippen molar-refractivity contribution in [1.82, 2.24) is 33.8 Å². The number of imidazole rings is 1. The summed E-state index contributed by atoms with van der Waals surface area (Å²) in [5, 5.41) is 8.99. The Morgan fingerprint density at radius 3 is 2.56 bits per heavy atom. The summed E-state index contributed by atoms with van der Waals surface area (Å²) in [6, 6.07) is 10.2. The number of thiazole rings is 1. The van der Waals surface area contributed by atoms with Gasteiger partial charge in [0.2, 0.25) is 10.3 Å². The third-order valence-corrected chi connectivity index (χ3v) is 10.6. The molecule has 1 aromatic carbocycles. The van der Waals surface area contributed by atoms with Gasteiger partial charge in [-0.05, 0) is 74.4 Å². The topological polar surface area (TPSA) is 137 Å². The molecule has 0 radical (unpaired) electrons. The van der Waals surface area contributed by atoms with Gasteiger partial charge in [-0.15, -0.1) is 11.3 Å². The molecular formula is C28H28N8O3S2. The van der Waals surface area contributed by atoms with Crippen LogP contribution in [0.5, 0.6) is 0 Å². The number of anilines is 2. The second-order valence-electron chi connectivity index (χ2n) is 10.5. The van der Waals surface area contributed by atoms with Crippen molar-refractivity contribution >= 4 is 44.0 Å². The minimum absolute atomic E-state index is 0.0259. The summed E-state index contributed by atoms with van der Waals surface area (Å²) in [5.41, 5.74) is 3.43. The molecule has 1 aliphatic heterocycles. The Morgan fingerprint density at radius 1 is 1.02 bits per heavy atom. The van der Waals surface area contributed by atoms with Gasteiger partial charge in [0.25, 0.3) is 15.6 Å². The molecule has 7 rings (SSSR count). The minimum atomic E-state index is -3.95. The third kappa shape index (κ3) is 5.04. The van der Waals surface area contributed by atoms with E-state index in [-0.39, 0.29) is 22.4 Å². The Labute approximate surface area is 240 Å². The lowest BCUT2D eigenvalue weighted by atomic mass is 9.90. The maximum Gasteiger partial charge on any atom is 0.296 e. The number of rotatable bonds is 8. The first kappa shape index (κ1) is 26.0. The number of benzene rings is 1. The Bertz CT molecular complexity index is 1870. The highest BCUT2D eigenvalue weighted by Gasteiger charge is 2.29. The highest BCUT2D eigenvalue weighted by Crippen LogP contribution is 2.39. The van der Waals surface area contributed by atoms with Crippen LogP contribution < -0.4 is 16.2 Å². The number of hydrogen-bond acceptors (Lipinski definition) is 10. The molecule has 4 aromatic heterocycles. The first-order valence-corrected chi connectivity index (χ1v) is 15.9. The molecule has 0 unspecified atom stereocenters. The number of nitrogens with zero attached hydrogens (tertiary/aromatic N) is 6. The summed E-state index contributed by atoms with van der Waals surface area (Å²) in [5.74, 6) is 1.10. The monoisotopic (exact) mass is 588 g/mol. The third-order valence-electron chi connectivity index (χ3n) is 7.74. The van der Waals surface area contributed by atoms with Crippen LogP contribution in [0.15, 0.2) is 69.8 Å². The van der Waals surface area contributed by atoms with Crippen LogP contribution in [0, 0.1) is 0 Å². The zero-order valence-corrected chi connectivity index (χ0v) is 23.7. The summed E-state index contributed by atoms with van der Waals surface area (Å²) in [7, 11) is -3.95. The molecule has 1 aliphatic carbocycles. The second-order valence-corrected chi connectivity index (χ2v) is 13.4. The van der Waals surface area contributed by atoms with Crippen LogP contribution in [-0.2, 0) is 16.6 Å². The standard InChI is InChI=1S/C28H28N8O3S2/c37-26-24(20-1-2-20)13-21-14-32-27(33-22-5-3-18(4-6-22)19-7-9-29-10-8-19)34-25(21)35(26)16-23-15-30-17-36(23)41(38,39)28-31-11-12-40-28/h3-6,11-15,17,19-20,29H,1-2,7-10,16H2,(H,32,33,34). The van der Waals surface area contributed by atoms with Crippen molar-refractivity contribution in [2.45, 2.75) is 48.4 Å². The lowest BCUT2D eigenvalue weighted by Gasteiger charge is -2.23. The largest absolute Gasteiger partial charge is 0.324 e. The zero-order chi connectivity index (χ0) is 28.0. The summed E-state index contributed by atoms with van der Waals surface area (Å²) in [6.07, 6.45) is 10.0. The zero-order valence-electron chi connectivity index (χ0n) is 22.1. The van der Waals surface area contributed by atoms with E-state index in [1.54, 1.807) is 11.6 Å². The summed E-state index contributed by atoms with van der Waals surface area (Å²) in [4.78, 5) is 31.0. The van der Waals surface area contributed by atoms with Gasteiger partial charge in [-0.1, -0.05) is 12.1 Å². The molecular weight excluding hydrogens is 560 g/mol. The summed E-state index contributed by atoms with van der Waals surface area (Å²) < 4.78 is 29.0. The molecule has 2 N–H and O–H groups in total. The van der Waals surface area contributed by atoms with E-state index >= 15 is 0 Å². The SMILES string of the molecule is O=c1c(C2CC2)cc2cnc(Nc3ccc(C4CCNCC4)cc3)nc2n1Cc1cncn1S(=O)(=O)c1nccs1. The lowest BCUT2D eigenvalue weighted by Crippen LogP contribution is -2.27. The fraction of sp³-hybridized carbons (Fsp3) is 0.321. The van der Waals surface area contributed by atoms with Crippen molar-refractivity contribution < 1.29 is 8.42 Å². The van der Waals surface area contributed by atoms with Gasteiger partial charge in [-0.2, -0.15) is 13.4 Å². The number of aromatic nitrogens is 6. The van der Waals surface area contributed by atoms with Gasteiger partial charge in [-0.25, -0.2) is 18.9 Å². The van der Waals surface area contributed by atoms with E-state index in [1.165, 1.54) is 28.9 Å². The molecule has 0 amide bonds. The number of hydrogen-bond donors (Lipinski definition) is 2.